The molecule has 2 rings (SSSR count). The molecule has 1 amide bonds. The predicted octanol–water partition coefficient (Wildman–Crippen LogP) is 2.08. The third kappa shape index (κ3) is 3.87. The summed E-state index contributed by atoms with van der Waals surface area (Å²) in [7, 11) is 0. The minimum Gasteiger partial charge on any atom is -0.399 e. The Morgan fingerprint density at radius 3 is 3.00 bits per heavy atom. The number of hydrogen-bond acceptors (Lipinski definition) is 5. The Hall–Kier alpha value is -1.73. The summed E-state index contributed by atoms with van der Waals surface area (Å²) in [5.41, 5.74) is 6.66. The Balaban J connectivity index is 1.90. The number of aromatic nitrogens is 3. The van der Waals surface area contributed by atoms with Crippen molar-refractivity contribution in [2.45, 2.75) is 12.1 Å². The average molecular weight is 298 g/mol. The van der Waals surface area contributed by atoms with Gasteiger partial charge in [0.15, 0.2) is 0 Å². The first kappa shape index (κ1) is 13.7. The summed E-state index contributed by atoms with van der Waals surface area (Å²) in [6, 6.07) is 4.92. The van der Waals surface area contributed by atoms with Crippen LogP contribution in [-0.2, 0) is 4.79 Å². The number of H-pyrrole nitrogens is 1. The van der Waals surface area contributed by atoms with Crippen molar-refractivity contribution in [2.24, 2.45) is 0 Å². The number of nitrogens with zero attached hydrogens (tertiary/aromatic N) is 2. The topological polar surface area (TPSA) is 96.7 Å². The molecule has 0 spiro atoms. The van der Waals surface area contributed by atoms with Gasteiger partial charge in [-0.15, -0.1) is 5.10 Å². The van der Waals surface area contributed by atoms with E-state index in [1.54, 1.807) is 25.1 Å². The number of anilines is 2. The first-order chi connectivity index (χ1) is 9.04. The van der Waals surface area contributed by atoms with Gasteiger partial charge < -0.3 is 11.1 Å². The molecule has 0 aliphatic carbocycles. The third-order valence-electron chi connectivity index (χ3n) is 2.18. The SMILES string of the molecule is Cc1nc(SCC(=O)Nc2ccc(N)cc2Cl)n[nH]1. The van der Waals surface area contributed by atoms with Gasteiger partial charge in [-0.2, -0.15) is 0 Å². The lowest BCUT2D eigenvalue weighted by Crippen LogP contribution is -2.14. The van der Waals surface area contributed by atoms with Gasteiger partial charge in [-0.3, -0.25) is 9.89 Å². The zero-order chi connectivity index (χ0) is 13.8. The monoisotopic (exact) mass is 297 g/mol. The minimum atomic E-state index is -0.181. The summed E-state index contributed by atoms with van der Waals surface area (Å²) in [4.78, 5) is 15.8. The van der Waals surface area contributed by atoms with Crippen LogP contribution in [0.1, 0.15) is 5.82 Å². The normalized spacial score (nSPS) is 10.4. The van der Waals surface area contributed by atoms with E-state index in [2.05, 4.69) is 20.5 Å². The van der Waals surface area contributed by atoms with E-state index in [-0.39, 0.29) is 11.7 Å². The molecule has 1 heterocycles. The molecule has 0 fully saturated rings. The van der Waals surface area contributed by atoms with Crippen LogP contribution in [0.4, 0.5) is 11.4 Å². The third-order valence-corrected chi connectivity index (χ3v) is 3.34. The van der Waals surface area contributed by atoms with E-state index in [0.29, 0.717) is 27.4 Å². The molecule has 6 nitrogen and oxygen atoms in total. The molecule has 0 aliphatic rings. The van der Waals surface area contributed by atoms with Gasteiger partial charge in [0.2, 0.25) is 11.1 Å². The lowest BCUT2D eigenvalue weighted by molar-refractivity contribution is -0.113. The molecule has 0 saturated carbocycles. The molecule has 1 aromatic carbocycles. The number of nitrogens with two attached hydrogens (primary N) is 1. The van der Waals surface area contributed by atoms with Crippen molar-refractivity contribution >= 4 is 40.6 Å². The van der Waals surface area contributed by atoms with E-state index in [1.807, 2.05) is 0 Å². The molecule has 100 valence electrons. The van der Waals surface area contributed by atoms with E-state index in [1.165, 1.54) is 11.8 Å². The van der Waals surface area contributed by atoms with Crippen LogP contribution in [-0.4, -0.2) is 26.8 Å². The highest BCUT2D eigenvalue weighted by Gasteiger charge is 2.08. The maximum absolute atomic E-state index is 11.7. The molecule has 0 bridgehead atoms. The van der Waals surface area contributed by atoms with Gasteiger partial charge in [-0.05, 0) is 25.1 Å². The van der Waals surface area contributed by atoms with Crippen molar-refractivity contribution in [2.75, 3.05) is 16.8 Å². The highest BCUT2D eigenvalue weighted by Crippen LogP contribution is 2.24. The maximum Gasteiger partial charge on any atom is 0.234 e. The number of hydrogen-bond donors (Lipinski definition) is 3. The second-order valence-corrected chi connectivity index (χ2v) is 5.13. The second kappa shape index (κ2) is 5.94. The van der Waals surface area contributed by atoms with Crippen molar-refractivity contribution in [3.8, 4) is 0 Å². The lowest BCUT2D eigenvalue weighted by atomic mass is 10.3. The van der Waals surface area contributed by atoms with Crippen molar-refractivity contribution < 1.29 is 4.79 Å². The van der Waals surface area contributed by atoms with Crippen molar-refractivity contribution in [3.05, 3.63) is 29.0 Å². The van der Waals surface area contributed by atoms with Crippen LogP contribution < -0.4 is 11.1 Å². The fourth-order valence-electron chi connectivity index (χ4n) is 1.34. The maximum atomic E-state index is 11.7. The van der Waals surface area contributed by atoms with Crippen LogP contribution in [0.3, 0.4) is 0 Å². The van der Waals surface area contributed by atoms with E-state index in [4.69, 9.17) is 17.3 Å². The molecule has 1 aromatic heterocycles. The molecule has 0 atom stereocenters. The number of rotatable bonds is 4. The molecule has 4 N–H and O–H groups in total. The summed E-state index contributed by atoms with van der Waals surface area (Å²) in [5.74, 6) is 0.737. The second-order valence-electron chi connectivity index (χ2n) is 3.78. The van der Waals surface area contributed by atoms with Crippen molar-refractivity contribution in [3.63, 3.8) is 0 Å². The number of carbonyl (C=O) groups excluding carboxylic acids is 1. The molecule has 0 saturated heterocycles. The number of aryl methyl sites for hydroxylation is 1. The molecule has 8 heteroatoms. The Bertz CT molecular complexity index is 601. The first-order valence-electron chi connectivity index (χ1n) is 5.41. The zero-order valence-electron chi connectivity index (χ0n) is 10.1. The van der Waals surface area contributed by atoms with Crippen molar-refractivity contribution in [1.82, 2.24) is 15.2 Å². The van der Waals surface area contributed by atoms with Gasteiger partial charge in [-0.25, -0.2) is 4.98 Å². The van der Waals surface area contributed by atoms with E-state index >= 15 is 0 Å². The molecule has 19 heavy (non-hydrogen) atoms. The summed E-state index contributed by atoms with van der Waals surface area (Å²) in [6.45, 7) is 1.80. The van der Waals surface area contributed by atoms with Gasteiger partial charge in [-0.1, -0.05) is 23.4 Å². The summed E-state index contributed by atoms with van der Waals surface area (Å²) < 4.78 is 0. The summed E-state index contributed by atoms with van der Waals surface area (Å²) in [6.07, 6.45) is 0. The number of halogens is 1. The number of benzene rings is 1. The Labute approximate surface area is 119 Å². The number of nitrogen functional groups attached to an aromatic ring is 1. The average Bonchev–Trinajstić information content (AvgIpc) is 2.76. The van der Waals surface area contributed by atoms with E-state index in [9.17, 15) is 4.79 Å². The van der Waals surface area contributed by atoms with Gasteiger partial charge in [0.05, 0.1) is 16.5 Å². The van der Waals surface area contributed by atoms with Crippen LogP contribution >= 0.6 is 23.4 Å². The number of aromatic amines is 1. The van der Waals surface area contributed by atoms with Crippen LogP contribution in [0.5, 0.6) is 0 Å². The predicted molar refractivity (Wildman–Crippen MR) is 76.3 cm³/mol. The highest BCUT2D eigenvalue weighted by atomic mass is 35.5. The summed E-state index contributed by atoms with van der Waals surface area (Å²) >= 11 is 7.21. The Kier molecular flexibility index (Phi) is 4.28. The smallest absolute Gasteiger partial charge is 0.234 e. The molecule has 0 unspecified atom stereocenters. The molecule has 2 aromatic rings. The minimum absolute atomic E-state index is 0.181. The van der Waals surface area contributed by atoms with Crippen LogP contribution in [0.2, 0.25) is 5.02 Å². The molecule has 0 aliphatic heterocycles. The van der Waals surface area contributed by atoms with Gasteiger partial charge >= 0.3 is 0 Å². The fourth-order valence-corrected chi connectivity index (χ4v) is 2.22. The summed E-state index contributed by atoms with van der Waals surface area (Å²) in [5, 5.41) is 10.3. The quantitative estimate of drug-likeness (QED) is 0.593. The Morgan fingerprint density at radius 1 is 1.58 bits per heavy atom. The van der Waals surface area contributed by atoms with Gasteiger partial charge in [0.1, 0.15) is 5.82 Å². The molecular formula is C11H12ClN5OS. The zero-order valence-corrected chi connectivity index (χ0v) is 11.7. The number of carbonyl (C=O) groups is 1. The van der Waals surface area contributed by atoms with Crippen LogP contribution in [0.15, 0.2) is 23.4 Å². The number of nitrogens with one attached hydrogen (secondary N) is 2. The van der Waals surface area contributed by atoms with Gasteiger partial charge in [0, 0.05) is 5.69 Å². The van der Waals surface area contributed by atoms with E-state index < -0.39 is 0 Å². The first-order valence-corrected chi connectivity index (χ1v) is 6.77. The van der Waals surface area contributed by atoms with Crippen LogP contribution in [0.25, 0.3) is 0 Å². The number of thioether (sulfide) groups is 1. The lowest BCUT2D eigenvalue weighted by Gasteiger charge is -2.06. The van der Waals surface area contributed by atoms with Gasteiger partial charge in [0.25, 0.3) is 0 Å². The molecule has 0 radical (unpaired) electrons. The largest absolute Gasteiger partial charge is 0.399 e. The standard InChI is InChI=1S/C11H12ClN5OS/c1-6-14-11(17-16-6)19-5-10(18)15-9-3-2-7(13)4-8(9)12/h2-4H,5,13H2,1H3,(H,15,18)(H,14,16,17). The molecular weight excluding hydrogens is 286 g/mol. The Morgan fingerprint density at radius 2 is 2.37 bits per heavy atom. The van der Waals surface area contributed by atoms with Crippen molar-refractivity contribution in [1.29, 1.82) is 0 Å². The van der Waals surface area contributed by atoms with E-state index in [0.717, 1.165) is 0 Å². The van der Waals surface area contributed by atoms with Crippen LogP contribution in [0, 0.1) is 6.92 Å². The highest BCUT2D eigenvalue weighted by molar-refractivity contribution is 7.99. The fraction of sp³-hybridized carbons (Fsp3) is 0.182. The number of amides is 1.